The van der Waals surface area contributed by atoms with Gasteiger partial charge in [-0.2, -0.15) is 0 Å². The first-order valence-electron chi connectivity index (χ1n) is 10.1. The predicted octanol–water partition coefficient (Wildman–Crippen LogP) is -0.752. The van der Waals surface area contributed by atoms with Crippen molar-refractivity contribution in [2.45, 2.75) is 51.2 Å². The van der Waals surface area contributed by atoms with Crippen molar-refractivity contribution in [3.05, 3.63) is 35.9 Å². The van der Waals surface area contributed by atoms with Crippen LogP contribution in [0.1, 0.15) is 32.3 Å². The molecule has 0 heterocycles. The number of carboxylic acids is 2. The Labute approximate surface area is 185 Å². The van der Waals surface area contributed by atoms with Gasteiger partial charge in [-0.25, -0.2) is 0 Å². The zero-order valence-electron chi connectivity index (χ0n) is 18.0. The summed E-state index contributed by atoms with van der Waals surface area (Å²) in [6.07, 6.45) is -0.360. The summed E-state index contributed by atoms with van der Waals surface area (Å²) in [5.41, 5.74) is 6.49. The summed E-state index contributed by atoms with van der Waals surface area (Å²) in [6.45, 7) is 3.07. The largest absolute Gasteiger partial charge is 0.481 e. The quantitative estimate of drug-likeness (QED) is 0.226. The summed E-state index contributed by atoms with van der Waals surface area (Å²) in [6, 6.07) is 5.06. The van der Waals surface area contributed by atoms with Gasteiger partial charge in [0, 0.05) is 6.42 Å². The van der Waals surface area contributed by atoms with E-state index < -0.39 is 60.8 Å². The molecule has 0 radical (unpaired) electrons. The minimum Gasteiger partial charge on any atom is -0.481 e. The molecule has 3 atom stereocenters. The molecule has 3 amide bonds. The number of carbonyl (C=O) groups is 5. The van der Waals surface area contributed by atoms with Crippen LogP contribution in [0.15, 0.2) is 30.3 Å². The molecule has 3 unspecified atom stereocenters. The summed E-state index contributed by atoms with van der Waals surface area (Å²) >= 11 is 0. The lowest BCUT2D eigenvalue weighted by Crippen LogP contribution is -2.57. The monoisotopic (exact) mass is 450 g/mol. The van der Waals surface area contributed by atoms with Crippen molar-refractivity contribution in [3.63, 3.8) is 0 Å². The predicted molar refractivity (Wildman–Crippen MR) is 114 cm³/mol. The first-order valence-corrected chi connectivity index (χ1v) is 10.1. The van der Waals surface area contributed by atoms with Crippen molar-refractivity contribution in [2.24, 2.45) is 11.7 Å². The van der Waals surface area contributed by atoms with Crippen LogP contribution in [0.4, 0.5) is 0 Å². The van der Waals surface area contributed by atoms with Crippen LogP contribution in [0.2, 0.25) is 0 Å². The number of amides is 3. The fraction of sp³-hybridized carbons (Fsp3) is 0.476. The Hall–Kier alpha value is -3.47. The van der Waals surface area contributed by atoms with Crippen LogP contribution in [0.5, 0.6) is 0 Å². The maximum atomic E-state index is 12.8. The molecule has 0 aliphatic heterocycles. The van der Waals surface area contributed by atoms with Crippen molar-refractivity contribution in [1.82, 2.24) is 16.0 Å². The average Bonchev–Trinajstić information content (AvgIpc) is 2.70. The Balaban J connectivity index is 2.98. The van der Waals surface area contributed by atoms with Gasteiger partial charge in [-0.05, 0) is 17.9 Å². The number of nitrogens with one attached hydrogen (secondary N) is 3. The lowest BCUT2D eigenvalue weighted by Gasteiger charge is -2.23. The Bertz CT molecular complexity index is 814. The molecule has 7 N–H and O–H groups in total. The van der Waals surface area contributed by atoms with Gasteiger partial charge in [-0.15, -0.1) is 0 Å². The molecule has 32 heavy (non-hydrogen) atoms. The highest BCUT2D eigenvalue weighted by atomic mass is 16.4. The second-order valence-electron chi connectivity index (χ2n) is 7.76. The van der Waals surface area contributed by atoms with Crippen LogP contribution in [0.3, 0.4) is 0 Å². The number of rotatable bonds is 13. The van der Waals surface area contributed by atoms with Gasteiger partial charge in [0.25, 0.3) is 0 Å². The highest BCUT2D eigenvalue weighted by Gasteiger charge is 2.30. The standard InChI is InChI=1S/C21H30N4O7/c1-12(2)8-14(22)19(30)24-16(10-17(26)27)21(32)25-15(20(31)23-11-18(28)29)9-13-6-4-3-5-7-13/h3-7,12,14-16H,8-11,22H2,1-2H3,(H,23,31)(H,24,30)(H,25,32)(H,26,27)(H,28,29). The van der Waals surface area contributed by atoms with Crippen LogP contribution >= 0.6 is 0 Å². The molecule has 0 saturated carbocycles. The number of carboxylic acid groups (broad SMARTS) is 2. The van der Waals surface area contributed by atoms with E-state index in [4.69, 9.17) is 15.9 Å². The summed E-state index contributed by atoms with van der Waals surface area (Å²) in [5.74, 6) is -4.84. The van der Waals surface area contributed by atoms with E-state index in [1.165, 1.54) is 0 Å². The SMILES string of the molecule is CC(C)CC(N)C(=O)NC(CC(=O)O)C(=O)NC(Cc1ccccc1)C(=O)NCC(=O)O. The van der Waals surface area contributed by atoms with Gasteiger partial charge in [-0.1, -0.05) is 44.2 Å². The minimum absolute atomic E-state index is 0.0264. The zero-order chi connectivity index (χ0) is 24.3. The van der Waals surface area contributed by atoms with Gasteiger partial charge < -0.3 is 31.9 Å². The molecule has 1 aromatic carbocycles. The summed E-state index contributed by atoms with van der Waals surface area (Å²) in [7, 11) is 0. The van der Waals surface area contributed by atoms with Crippen LogP contribution in [-0.2, 0) is 30.4 Å². The second kappa shape index (κ2) is 13.1. The molecule has 1 rings (SSSR count). The summed E-state index contributed by atoms with van der Waals surface area (Å²) in [5, 5.41) is 24.9. The first-order chi connectivity index (χ1) is 15.0. The van der Waals surface area contributed by atoms with E-state index in [0.717, 1.165) is 0 Å². The van der Waals surface area contributed by atoms with Crippen LogP contribution in [0.25, 0.3) is 0 Å². The second-order valence-corrected chi connectivity index (χ2v) is 7.76. The molecule has 1 aromatic rings. The van der Waals surface area contributed by atoms with Gasteiger partial charge in [-0.3, -0.25) is 24.0 Å². The van der Waals surface area contributed by atoms with E-state index in [9.17, 15) is 24.0 Å². The number of carbonyl (C=O) groups excluding carboxylic acids is 3. The third kappa shape index (κ3) is 10.0. The highest BCUT2D eigenvalue weighted by Crippen LogP contribution is 2.06. The average molecular weight is 450 g/mol. The highest BCUT2D eigenvalue weighted by molar-refractivity contribution is 5.95. The van der Waals surface area contributed by atoms with Gasteiger partial charge in [0.15, 0.2) is 0 Å². The van der Waals surface area contributed by atoms with E-state index in [2.05, 4.69) is 16.0 Å². The van der Waals surface area contributed by atoms with Crippen molar-refractivity contribution in [3.8, 4) is 0 Å². The van der Waals surface area contributed by atoms with E-state index in [1.54, 1.807) is 30.3 Å². The van der Waals surface area contributed by atoms with Crippen LogP contribution < -0.4 is 21.7 Å². The Kier molecular flexibility index (Phi) is 10.8. The van der Waals surface area contributed by atoms with Crippen molar-refractivity contribution >= 4 is 29.7 Å². The van der Waals surface area contributed by atoms with Gasteiger partial charge in [0.1, 0.15) is 18.6 Å². The van der Waals surface area contributed by atoms with Crippen molar-refractivity contribution in [2.75, 3.05) is 6.54 Å². The fourth-order valence-electron chi connectivity index (χ4n) is 2.89. The molecular formula is C21H30N4O7. The molecular weight excluding hydrogens is 420 g/mol. The summed E-state index contributed by atoms with van der Waals surface area (Å²) < 4.78 is 0. The summed E-state index contributed by atoms with van der Waals surface area (Å²) in [4.78, 5) is 59.6. The molecule has 0 aliphatic carbocycles. The van der Waals surface area contributed by atoms with E-state index >= 15 is 0 Å². The minimum atomic E-state index is -1.47. The van der Waals surface area contributed by atoms with Gasteiger partial charge in [0.05, 0.1) is 12.5 Å². The molecule has 0 spiro atoms. The molecule has 0 fully saturated rings. The Morgan fingerprint density at radius 2 is 1.47 bits per heavy atom. The maximum absolute atomic E-state index is 12.8. The maximum Gasteiger partial charge on any atom is 0.322 e. The molecule has 0 aromatic heterocycles. The van der Waals surface area contributed by atoms with Crippen molar-refractivity contribution < 1.29 is 34.2 Å². The lowest BCUT2D eigenvalue weighted by molar-refractivity contribution is -0.141. The molecule has 11 heteroatoms. The normalized spacial score (nSPS) is 13.5. The third-order valence-electron chi connectivity index (χ3n) is 4.40. The zero-order valence-corrected chi connectivity index (χ0v) is 18.0. The number of benzene rings is 1. The molecule has 176 valence electrons. The first kappa shape index (κ1) is 26.6. The molecule has 0 saturated heterocycles. The van der Waals surface area contributed by atoms with Crippen LogP contribution in [-0.4, -0.2) is 64.5 Å². The Morgan fingerprint density at radius 3 is 2.00 bits per heavy atom. The number of hydrogen-bond acceptors (Lipinski definition) is 6. The number of aliphatic carboxylic acids is 2. The van der Waals surface area contributed by atoms with Gasteiger partial charge >= 0.3 is 11.9 Å². The van der Waals surface area contributed by atoms with E-state index in [-0.39, 0.29) is 12.3 Å². The topological polar surface area (TPSA) is 188 Å². The molecule has 11 nitrogen and oxygen atoms in total. The van der Waals surface area contributed by atoms with Crippen molar-refractivity contribution in [1.29, 1.82) is 0 Å². The van der Waals surface area contributed by atoms with E-state index in [0.29, 0.717) is 12.0 Å². The fourth-order valence-corrected chi connectivity index (χ4v) is 2.89. The molecule has 0 aliphatic rings. The number of hydrogen-bond donors (Lipinski definition) is 6. The molecule has 0 bridgehead atoms. The third-order valence-corrected chi connectivity index (χ3v) is 4.40. The lowest BCUT2D eigenvalue weighted by atomic mass is 10.0. The number of nitrogens with two attached hydrogens (primary N) is 1. The Morgan fingerprint density at radius 1 is 0.875 bits per heavy atom. The van der Waals surface area contributed by atoms with Crippen LogP contribution in [0, 0.1) is 5.92 Å². The van der Waals surface area contributed by atoms with Gasteiger partial charge in [0.2, 0.25) is 17.7 Å². The smallest absolute Gasteiger partial charge is 0.322 e. The van der Waals surface area contributed by atoms with E-state index in [1.807, 2.05) is 13.8 Å².